The number of benzene rings is 3. The average Bonchev–Trinajstić information content (AvgIpc) is 3.05. The molecule has 5 heteroatoms. The molecule has 0 unspecified atom stereocenters. The van der Waals surface area contributed by atoms with Gasteiger partial charge in [0.1, 0.15) is 11.5 Å². The maximum atomic E-state index is 14.3. The zero-order valence-electron chi connectivity index (χ0n) is 16.7. The summed E-state index contributed by atoms with van der Waals surface area (Å²) in [4.78, 5) is 12.2. The van der Waals surface area contributed by atoms with Crippen LogP contribution in [-0.2, 0) is 19.6 Å². The highest BCUT2D eigenvalue weighted by Gasteiger charge is 2.22. The van der Waals surface area contributed by atoms with E-state index in [1.54, 1.807) is 22.8 Å². The first kappa shape index (κ1) is 19.9. The van der Waals surface area contributed by atoms with E-state index in [1.807, 2.05) is 31.2 Å². The molecule has 2 N–H and O–H groups in total. The molecule has 4 nitrogen and oxygen atoms in total. The molecular weight excluding hydrogens is 379 g/mol. The zero-order valence-corrected chi connectivity index (χ0v) is 16.7. The summed E-state index contributed by atoms with van der Waals surface area (Å²) in [5, 5.41) is 14.2. The fourth-order valence-electron chi connectivity index (χ4n) is 3.80. The average molecular weight is 402 g/mol. The van der Waals surface area contributed by atoms with E-state index in [9.17, 15) is 14.3 Å². The zero-order chi connectivity index (χ0) is 21.1. The highest BCUT2D eigenvalue weighted by Crippen LogP contribution is 2.28. The summed E-state index contributed by atoms with van der Waals surface area (Å²) in [5.74, 6) is -1.36. The molecule has 0 fully saturated rings. The van der Waals surface area contributed by atoms with Crippen LogP contribution in [0.5, 0.6) is 0 Å². The predicted molar refractivity (Wildman–Crippen MR) is 116 cm³/mol. The Morgan fingerprint density at radius 3 is 2.40 bits per heavy atom. The van der Waals surface area contributed by atoms with Gasteiger partial charge >= 0.3 is 5.97 Å². The maximum Gasteiger partial charge on any atom is 0.352 e. The van der Waals surface area contributed by atoms with Crippen LogP contribution in [0.4, 0.5) is 4.39 Å². The lowest BCUT2D eigenvalue weighted by Crippen LogP contribution is -2.17. The number of aromatic carboxylic acids is 1. The number of rotatable bonds is 7. The Morgan fingerprint density at radius 2 is 1.67 bits per heavy atom. The summed E-state index contributed by atoms with van der Waals surface area (Å²) in [6.45, 7) is 3.24. The van der Waals surface area contributed by atoms with Gasteiger partial charge in [0.15, 0.2) is 0 Å². The maximum absolute atomic E-state index is 14.3. The number of nitrogens with one attached hydrogen (secondary N) is 1. The van der Waals surface area contributed by atoms with E-state index < -0.39 is 5.97 Å². The molecule has 0 amide bonds. The van der Waals surface area contributed by atoms with Crippen molar-refractivity contribution in [1.82, 2.24) is 9.88 Å². The topological polar surface area (TPSA) is 54.3 Å². The van der Waals surface area contributed by atoms with Gasteiger partial charge in [-0.15, -0.1) is 0 Å². The molecule has 0 saturated heterocycles. The summed E-state index contributed by atoms with van der Waals surface area (Å²) in [7, 11) is 0. The molecule has 4 aromatic rings. The van der Waals surface area contributed by atoms with Gasteiger partial charge < -0.3 is 15.0 Å². The number of carbonyl (C=O) groups is 1. The van der Waals surface area contributed by atoms with Gasteiger partial charge in [0.2, 0.25) is 0 Å². The van der Waals surface area contributed by atoms with Crippen LogP contribution in [0.3, 0.4) is 0 Å². The second kappa shape index (κ2) is 8.51. The fraction of sp³-hybridized carbons (Fsp3) is 0.160. The molecule has 3 aromatic carbocycles. The number of halogens is 1. The number of para-hydroxylation sites is 1. The Hall–Kier alpha value is -3.44. The number of hydrogen-bond donors (Lipinski definition) is 2. The lowest BCUT2D eigenvalue weighted by Gasteiger charge is -2.11. The van der Waals surface area contributed by atoms with Crippen molar-refractivity contribution in [2.45, 2.75) is 26.6 Å². The van der Waals surface area contributed by atoms with Crippen molar-refractivity contribution in [2.75, 3.05) is 0 Å². The second-order valence-corrected chi connectivity index (χ2v) is 7.42. The molecule has 0 spiro atoms. The molecule has 30 heavy (non-hydrogen) atoms. The lowest BCUT2D eigenvalue weighted by atomic mass is 10.1. The second-order valence-electron chi connectivity index (χ2n) is 7.42. The molecule has 0 bridgehead atoms. The Kier molecular flexibility index (Phi) is 5.63. The molecule has 0 radical (unpaired) electrons. The van der Waals surface area contributed by atoms with Crippen LogP contribution in [0.2, 0.25) is 0 Å². The number of aromatic nitrogens is 1. The number of aryl methyl sites for hydroxylation is 1. The first-order valence-corrected chi connectivity index (χ1v) is 9.87. The van der Waals surface area contributed by atoms with Crippen molar-refractivity contribution in [3.8, 4) is 0 Å². The van der Waals surface area contributed by atoms with Gasteiger partial charge in [-0.2, -0.15) is 0 Å². The standard InChI is InChI=1S/C25H23FN2O2/c1-17-10-12-18(13-11-17)14-27-15-21-20-7-3-5-9-23(20)28(24(21)25(29)30)16-19-6-2-4-8-22(19)26/h2-13,27H,14-16H2,1H3,(H,29,30). The van der Waals surface area contributed by atoms with Crippen molar-refractivity contribution in [1.29, 1.82) is 0 Å². The SMILES string of the molecule is Cc1ccc(CNCc2c(C(=O)O)n(Cc3ccccc3F)c3ccccc23)cc1. The van der Waals surface area contributed by atoms with E-state index in [0.29, 0.717) is 24.2 Å². The van der Waals surface area contributed by atoms with Crippen LogP contribution < -0.4 is 5.32 Å². The Balaban J connectivity index is 1.70. The van der Waals surface area contributed by atoms with Crippen molar-refractivity contribution in [3.05, 3.63) is 107 Å². The van der Waals surface area contributed by atoms with Crippen LogP contribution in [0, 0.1) is 12.7 Å². The molecule has 152 valence electrons. The summed E-state index contributed by atoms with van der Waals surface area (Å²) in [5.41, 5.74) is 4.47. The number of carboxylic acid groups (broad SMARTS) is 1. The Bertz CT molecular complexity index is 1200. The molecule has 1 aromatic heterocycles. The third kappa shape index (κ3) is 3.98. The van der Waals surface area contributed by atoms with Crippen LogP contribution in [0.15, 0.2) is 72.8 Å². The van der Waals surface area contributed by atoms with E-state index >= 15 is 0 Å². The number of nitrogens with zero attached hydrogens (tertiary/aromatic N) is 1. The van der Waals surface area contributed by atoms with Gasteiger partial charge in [0.25, 0.3) is 0 Å². The van der Waals surface area contributed by atoms with Crippen molar-refractivity contribution < 1.29 is 14.3 Å². The van der Waals surface area contributed by atoms with Crippen LogP contribution in [0.1, 0.15) is 32.7 Å². The third-order valence-corrected chi connectivity index (χ3v) is 5.32. The largest absolute Gasteiger partial charge is 0.477 e. The summed E-state index contributed by atoms with van der Waals surface area (Å²) in [6.07, 6.45) is 0. The van der Waals surface area contributed by atoms with Crippen molar-refractivity contribution >= 4 is 16.9 Å². The summed E-state index contributed by atoms with van der Waals surface area (Å²) in [6, 6.07) is 22.3. The lowest BCUT2D eigenvalue weighted by molar-refractivity contribution is 0.0684. The van der Waals surface area contributed by atoms with E-state index in [4.69, 9.17) is 0 Å². The molecular formula is C25H23FN2O2. The minimum Gasteiger partial charge on any atom is -0.477 e. The first-order chi connectivity index (χ1) is 14.5. The van der Waals surface area contributed by atoms with Crippen molar-refractivity contribution in [3.63, 3.8) is 0 Å². The van der Waals surface area contributed by atoms with Gasteiger partial charge in [-0.25, -0.2) is 9.18 Å². The monoisotopic (exact) mass is 402 g/mol. The van der Waals surface area contributed by atoms with Crippen LogP contribution >= 0.6 is 0 Å². The molecule has 1 heterocycles. The minimum absolute atomic E-state index is 0.160. The number of hydrogen-bond acceptors (Lipinski definition) is 2. The summed E-state index contributed by atoms with van der Waals surface area (Å²) < 4.78 is 16.0. The molecule has 0 aliphatic heterocycles. The predicted octanol–water partition coefficient (Wildman–Crippen LogP) is 5.13. The quantitative estimate of drug-likeness (QED) is 0.451. The summed E-state index contributed by atoms with van der Waals surface area (Å²) >= 11 is 0. The normalized spacial score (nSPS) is 11.1. The van der Waals surface area contributed by atoms with Gasteiger partial charge in [0, 0.05) is 35.1 Å². The van der Waals surface area contributed by atoms with Crippen LogP contribution in [0.25, 0.3) is 10.9 Å². The molecule has 0 aliphatic rings. The fourth-order valence-corrected chi connectivity index (χ4v) is 3.80. The van der Waals surface area contributed by atoms with E-state index in [1.165, 1.54) is 11.6 Å². The Morgan fingerprint density at radius 1 is 0.967 bits per heavy atom. The van der Waals surface area contributed by atoms with Crippen LogP contribution in [-0.4, -0.2) is 15.6 Å². The minimum atomic E-state index is -1.02. The number of fused-ring (bicyclic) bond motifs is 1. The number of carboxylic acids is 1. The highest BCUT2D eigenvalue weighted by atomic mass is 19.1. The first-order valence-electron chi connectivity index (χ1n) is 9.87. The molecule has 4 rings (SSSR count). The van der Waals surface area contributed by atoms with E-state index in [-0.39, 0.29) is 18.1 Å². The molecule has 0 saturated carbocycles. The third-order valence-electron chi connectivity index (χ3n) is 5.32. The highest BCUT2D eigenvalue weighted by molar-refractivity contribution is 5.98. The van der Waals surface area contributed by atoms with Gasteiger partial charge in [-0.05, 0) is 24.6 Å². The van der Waals surface area contributed by atoms with Gasteiger partial charge in [-0.3, -0.25) is 0 Å². The Labute approximate surface area is 174 Å². The molecule has 0 aliphatic carbocycles. The van der Waals surface area contributed by atoms with E-state index in [0.717, 1.165) is 16.5 Å². The van der Waals surface area contributed by atoms with Gasteiger partial charge in [-0.1, -0.05) is 66.2 Å². The van der Waals surface area contributed by atoms with Gasteiger partial charge in [0.05, 0.1) is 6.54 Å². The molecule has 0 atom stereocenters. The van der Waals surface area contributed by atoms with E-state index in [2.05, 4.69) is 29.6 Å². The van der Waals surface area contributed by atoms with Crippen molar-refractivity contribution in [2.24, 2.45) is 0 Å². The smallest absolute Gasteiger partial charge is 0.352 e.